The van der Waals surface area contributed by atoms with E-state index in [0.29, 0.717) is 16.8 Å². The fourth-order valence-corrected chi connectivity index (χ4v) is 4.12. The van der Waals surface area contributed by atoms with Crippen molar-refractivity contribution >= 4 is 30.2 Å². The minimum atomic E-state index is -1.80. The van der Waals surface area contributed by atoms with Crippen LogP contribution in [0.3, 0.4) is 0 Å². The molecule has 0 aromatic carbocycles. The minimum Gasteiger partial charge on any atom is -0.415 e. The summed E-state index contributed by atoms with van der Waals surface area (Å²) in [4.78, 5) is 19.1. The Morgan fingerprint density at radius 2 is 2.12 bits per heavy atom. The van der Waals surface area contributed by atoms with E-state index in [4.69, 9.17) is 4.43 Å². The van der Waals surface area contributed by atoms with E-state index in [-0.39, 0.29) is 17.0 Å². The number of hydrogen-bond donors (Lipinski definition) is 0. The summed E-state index contributed by atoms with van der Waals surface area (Å²) < 4.78 is 7.01. The molecule has 0 aliphatic carbocycles. The molecule has 1 fully saturated rings. The zero-order chi connectivity index (χ0) is 18.0. The van der Waals surface area contributed by atoms with E-state index < -0.39 is 8.32 Å². The van der Waals surface area contributed by atoms with Gasteiger partial charge in [0, 0.05) is 12.7 Å². The van der Waals surface area contributed by atoms with Crippen LogP contribution < -0.4 is 0 Å². The Bertz CT molecular complexity index is 587. The lowest BCUT2D eigenvalue weighted by Gasteiger charge is -2.41. The van der Waals surface area contributed by atoms with E-state index in [9.17, 15) is 4.79 Å². The lowest BCUT2D eigenvalue weighted by atomic mass is 10.0. The van der Waals surface area contributed by atoms with Crippen LogP contribution in [0.15, 0.2) is 22.9 Å². The number of carbonyl (C=O) groups is 1. The van der Waals surface area contributed by atoms with E-state index in [1.54, 1.807) is 6.20 Å². The van der Waals surface area contributed by atoms with Crippen molar-refractivity contribution in [1.82, 2.24) is 9.88 Å². The number of amides is 1. The van der Waals surface area contributed by atoms with Crippen LogP contribution in [0.25, 0.3) is 0 Å². The van der Waals surface area contributed by atoms with Gasteiger partial charge in [-0.15, -0.1) is 0 Å². The second-order valence-electron chi connectivity index (χ2n) is 8.06. The number of pyridine rings is 1. The van der Waals surface area contributed by atoms with E-state index in [2.05, 4.69) is 54.8 Å². The van der Waals surface area contributed by atoms with Gasteiger partial charge in [-0.1, -0.05) is 20.8 Å². The van der Waals surface area contributed by atoms with Crippen LogP contribution in [0.2, 0.25) is 18.1 Å². The largest absolute Gasteiger partial charge is 0.415 e. The molecule has 134 valence electrons. The molecule has 4 nitrogen and oxygen atoms in total. The van der Waals surface area contributed by atoms with Crippen LogP contribution in [0.5, 0.6) is 0 Å². The highest BCUT2D eigenvalue weighted by Gasteiger charge is 2.39. The summed E-state index contributed by atoms with van der Waals surface area (Å²) in [5.41, 5.74) is 0.636. The van der Waals surface area contributed by atoms with Crippen molar-refractivity contribution in [3.05, 3.63) is 28.5 Å². The first kappa shape index (κ1) is 19.6. The molecule has 6 heteroatoms. The van der Waals surface area contributed by atoms with Crippen molar-refractivity contribution in [3.63, 3.8) is 0 Å². The first-order valence-corrected chi connectivity index (χ1v) is 12.4. The molecule has 0 bridgehead atoms. The van der Waals surface area contributed by atoms with E-state index >= 15 is 0 Å². The monoisotopic (exact) mass is 412 g/mol. The molecule has 0 spiro atoms. The molecule has 1 aromatic rings. The summed E-state index contributed by atoms with van der Waals surface area (Å²) in [6.07, 6.45) is 4.91. The van der Waals surface area contributed by atoms with Gasteiger partial charge in [0.1, 0.15) is 4.60 Å². The second kappa shape index (κ2) is 7.66. The number of aromatic nitrogens is 1. The maximum absolute atomic E-state index is 13.0. The summed E-state index contributed by atoms with van der Waals surface area (Å²) in [6.45, 7) is 12.7. The van der Waals surface area contributed by atoms with Crippen molar-refractivity contribution in [1.29, 1.82) is 0 Å². The van der Waals surface area contributed by atoms with Crippen LogP contribution in [0.1, 0.15) is 50.4 Å². The average molecular weight is 413 g/mol. The SMILES string of the molecule is CC(C)(C)[Si](C)(C)OC[C@@H]1CCCCN1C(=O)c1cccnc1Br. The fraction of sp³-hybridized carbons (Fsp3) is 0.667. The highest BCUT2D eigenvalue weighted by Crippen LogP contribution is 2.37. The predicted octanol–water partition coefficient (Wildman–Crippen LogP) is 4.86. The Kier molecular flexibility index (Phi) is 6.26. The third kappa shape index (κ3) is 4.46. The predicted molar refractivity (Wildman–Crippen MR) is 104 cm³/mol. The summed E-state index contributed by atoms with van der Waals surface area (Å²) >= 11 is 3.40. The Morgan fingerprint density at radius 1 is 1.42 bits per heavy atom. The molecule has 2 heterocycles. The van der Waals surface area contributed by atoms with Gasteiger partial charge in [0.05, 0.1) is 18.2 Å². The Hall–Kier alpha value is -0.723. The highest BCUT2D eigenvalue weighted by atomic mass is 79.9. The van der Waals surface area contributed by atoms with Crippen LogP contribution in [-0.4, -0.2) is 43.3 Å². The Balaban J connectivity index is 2.11. The maximum atomic E-state index is 13.0. The maximum Gasteiger partial charge on any atom is 0.256 e. The summed E-state index contributed by atoms with van der Waals surface area (Å²) in [5.74, 6) is 0.0542. The first-order valence-electron chi connectivity index (χ1n) is 8.69. The summed E-state index contributed by atoms with van der Waals surface area (Å²) in [7, 11) is -1.80. The Labute approximate surface area is 155 Å². The third-order valence-corrected chi connectivity index (χ3v) is 10.5. The molecule has 0 N–H and O–H groups in total. The van der Waals surface area contributed by atoms with Gasteiger partial charge >= 0.3 is 0 Å². The van der Waals surface area contributed by atoms with Gasteiger partial charge in [-0.2, -0.15) is 0 Å². The van der Waals surface area contributed by atoms with Crippen molar-refractivity contribution in [3.8, 4) is 0 Å². The lowest BCUT2D eigenvalue weighted by Crippen LogP contribution is -2.50. The fourth-order valence-electron chi connectivity index (χ4n) is 2.66. The molecule has 1 aromatic heterocycles. The second-order valence-corrected chi connectivity index (χ2v) is 13.6. The number of halogens is 1. The van der Waals surface area contributed by atoms with Gasteiger partial charge in [0.25, 0.3) is 5.91 Å². The number of carbonyl (C=O) groups excluding carboxylic acids is 1. The van der Waals surface area contributed by atoms with E-state index in [1.165, 1.54) is 0 Å². The highest BCUT2D eigenvalue weighted by molar-refractivity contribution is 9.10. The van der Waals surface area contributed by atoms with Gasteiger partial charge in [-0.05, 0) is 65.5 Å². The van der Waals surface area contributed by atoms with Gasteiger partial charge in [0.15, 0.2) is 8.32 Å². The first-order chi connectivity index (χ1) is 11.1. The molecule has 1 atom stereocenters. The number of piperidine rings is 1. The summed E-state index contributed by atoms with van der Waals surface area (Å²) in [6, 6.07) is 3.80. The number of nitrogens with zero attached hydrogens (tertiary/aromatic N) is 2. The molecule has 0 unspecified atom stereocenters. The van der Waals surface area contributed by atoms with Gasteiger partial charge in [-0.3, -0.25) is 4.79 Å². The Morgan fingerprint density at radius 3 is 2.75 bits per heavy atom. The normalized spacial score (nSPS) is 19.4. The number of rotatable bonds is 4. The quantitative estimate of drug-likeness (QED) is 0.523. The van der Waals surface area contributed by atoms with Crippen molar-refractivity contribution in [2.24, 2.45) is 0 Å². The molecule has 1 amide bonds. The zero-order valence-corrected chi connectivity index (χ0v) is 18.0. The van der Waals surface area contributed by atoms with Crippen LogP contribution in [0, 0.1) is 0 Å². The molecule has 1 aliphatic heterocycles. The molecule has 0 saturated carbocycles. The van der Waals surface area contributed by atoms with Crippen molar-refractivity contribution in [2.75, 3.05) is 13.2 Å². The third-order valence-electron chi connectivity index (χ3n) is 5.32. The van der Waals surface area contributed by atoms with E-state index in [1.807, 2.05) is 17.0 Å². The van der Waals surface area contributed by atoms with E-state index in [0.717, 1.165) is 25.8 Å². The number of likely N-dealkylation sites (tertiary alicyclic amines) is 1. The smallest absolute Gasteiger partial charge is 0.256 e. The standard InChI is InChI=1S/C18H29BrN2O2Si/c1-18(2,3)24(4,5)23-13-14-9-6-7-12-21(14)17(22)15-10-8-11-20-16(15)19/h8,10-11,14H,6-7,9,12-13H2,1-5H3/t14-/m0/s1. The van der Waals surface area contributed by atoms with Crippen molar-refractivity contribution < 1.29 is 9.22 Å². The molecule has 0 radical (unpaired) electrons. The topological polar surface area (TPSA) is 42.4 Å². The number of hydrogen-bond acceptors (Lipinski definition) is 3. The molecule has 24 heavy (non-hydrogen) atoms. The van der Waals surface area contributed by atoms with Gasteiger partial charge in [-0.25, -0.2) is 4.98 Å². The molecular formula is C18H29BrN2O2Si. The van der Waals surface area contributed by atoms with Gasteiger partial charge < -0.3 is 9.33 Å². The van der Waals surface area contributed by atoms with Crippen LogP contribution in [0.4, 0.5) is 0 Å². The molecule has 1 saturated heterocycles. The minimum absolute atomic E-state index is 0.0542. The molecule has 2 rings (SSSR count). The van der Waals surface area contributed by atoms with Crippen LogP contribution >= 0.6 is 15.9 Å². The molecular weight excluding hydrogens is 384 g/mol. The van der Waals surface area contributed by atoms with Crippen molar-refractivity contribution in [2.45, 2.75) is 64.2 Å². The average Bonchev–Trinajstić information content (AvgIpc) is 2.52. The van der Waals surface area contributed by atoms with Gasteiger partial charge in [0.2, 0.25) is 0 Å². The summed E-state index contributed by atoms with van der Waals surface area (Å²) in [5, 5.41) is 0.183. The lowest BCUT2D eigenvalue weighted by molar-refractivity contribution is 0.0513. The van der Waals surface area contributed by atoms with Crippen LogP contribution in [-0.2, 0) is 4.43 Å². The molecule has 1 aliphatic rings. The zero-order valence-electron chi connectivity index (χ0n) is 15.4.